The van der Waals surface area contributed by atoms with Crippen LogP contribution in [0, 0.1) is 0 Å². The molecule has 0 aliphatic heterocycles. The van der Waals surface area contributed by atoms with Crippen LogP contribution < -0.4 is 0 Å². The number of hydrogen-bond donors (Lipinski definition) is 0. The number of para-hydroxylation sites is 2. The molecular formula is C51H32N4S. The van der Waals surface area contributed by atoms with Crippen molar-refractivity contribution in [2.24, 2.45) is 0 Å². The van der Waals surface area contributed by atoms with Gasteiger partial charge in [0.15, 0.2) is 17.5 Å². The molecule has 262 valence electrons. The fraction of sp³-hybridized carbons (Fsp3) is 0. The summed E-state index contributed by atoms with van der Waals surface area (Å²) in [6.07, 6.45) is 0. The predicted octanol–water partition coefficient (Wildman–Crippen LogP) is 13.7. The lowest BCUT2D eigenvalue weighted by atomic mass is 9.99. The lowest BCUT2D eigenvalue weighted by Crippen LogP contribution is -2.01. The van der Waals surface area contributed by atoms with E-state index < -0.39 is 36.3 Å². The lowest BCUT2D eigenvalue weighted by Gasteiger charge is -2.12. The number of rotatable bonds is 6. The SMILES string of the molecule is [2H]c1c([2H])c([2H])c(-c2ccccc2-c2nc(-c3ccc(-c4ccc5c(c4)c4ccccc4n5-c4c([2H])c([2H])c([2H])c([2H])c4[2H])cc3)nc(-c3cccc4c3sc3ccccc34)n2)c([2H])c1[2H]. The Labute approximate surface area is 341 Å². The van der Waals surface area contributed by atoms with E-state index in [0.29, 0.717) is 39.4 Å². The predicted molar refractivity (Wildman–Crippen MR) is 234 cm³/mol. The zero-order valence-corrected chi connectivity index (χ0v) is 30.2. The number of fused-ring (bicyclic) bond motifs is 6. The fourth-order valence-corrected chi connectivity index (χ4v) is 8.72. The van der Waals surface area contributed by atoms with Gasteiger partial charge in [-0.1, -0.05) is 151 Å². The third kappa shape index (κ3) is 5.40. The summed E-state index contributed by atoms with van der Waals surface area (Å²) in [5, 5.41) is 3.89. The first-order chi connectivity index (χ1) is 31.9. The molecule has 0 aliphatic rings. The number of aromatic nitrogens is 4. The minimum atomic E-state index is -0.476. The Morgan fingerprint density at radius 2 is 1.00 bits per heavy atom. The van der Waals surface area contributed by atoms with Crippen molar-refractivity contribution in [3.05, 3.63) is 194 Å². The highest BCUT2D eigenvalue weighted by Gasteiger charge is 2.19. The first-order valence-corrected chi connectivity index (χ1v) is 18.8. The molecule has 0 bridgehead atoms. The van der Waals surface area contributed by atoms with E-state index in [2.05, 4.69) is 18.2 Å². The highest BCUT2D eigenvalue weighted by atomic mass is 32.1. The van der Waals surface area contributed by atoms with Gasteiger partial charge in [0, 0.05) is 53.3 Å². The van der Waals surface area contributed by atoms with Crippen molar-refractivity contribution in [2.75, 3.05) is 0 Å². The molecule has 0 N–H and O–H groups in total. The minimum Gasteiger partial charge on any atom is -0.309 e. The standard InChI is InChI=1S/C51H32N4S/c1-3-14-34(15-4-1)38-18-7-8-21-42(38)50-52-49(53-51(54-50)43-23-13-22-41-40-20-10-12-25-47(40)56-48(41)43)35-28-26-33(27-29-35)36-30-31-46-44(32-36)39-19-9-11-24-45(39)55(46)37-16-5-2-6-17-37/h1-32H/i1D,2D,3D,4D,5D,6D,14D,15D,16D,17D. The van der Waals surface area contributed by atoms with Crippen molar-refractivity contribution >= 4 is 53.3 Å². The van der Waals surface area contributed by atoms with Gasteiger partial charge in [-0.3, -0.25) is 0 Å². The van der Waals surface area contributed by atoms with Crippen LogP contribution in [0.4, 0.5) is 0 Å². The van der Waals surface area contributed by atoms with Crippen LogP contribution in [0.15, 0.2) is 194 Å². The topological polar surface area (TPSA) is 43.6 Å². The Morgan fingerprint density at radius 3 is 1.82 bits per heavy atom. The Kier molecular flexibility index (Phi) is 5.58. The number of thiophene rings is 1. The quantitative estimate of drug-likeness (QED) is 0.170. The smallest absolute Gasteiger partial charge is 0.165 e. The van der Waals surface area contributed by atoms with Crippen molar-refractivity contribution < 1.29 is 13.7 Å². The summed E-state index contributed by atoms with van der Waals surface area (Å²) < 4.78 is 89.0. The summed E-state index contributed by atoms with van der Waals surface area (Å²) in [6.45, 7) is 0. The molecule has 8 aromatic carbocycles. The molecule has 0 amide bonds. The molecular weight excluding hydrogens is 701 g/mol. The third-order valence-electron chi connectivity index (χ3n) is 10.1. The summed E-state index contributed by atoms with van der Waals surface area (Å²) in [5.74, 6) is 1.04. The second kappa shape index (κ2) is 13.3. The largest absolute Gasteiger partial charge is 0.309 e. The monoisotopic (exact) mass is 742 g/mol. The molecule has 0 fully saturated rings. The van der Waals surface area contributed by atoms with Crippen LogP contribution in [0.5, 0.6) is 0 Å². The van der Waals surface area contributed by atoms with E-state index in [-0.39, 0.29) is 41.2 Å². The van der Waals surface area contributed by atoms with Crippen LogP contribution in [0.1, 0.15) is 13.7 Å². The molecule has 4 nitrogen and oxygen atoms in total. The summed E-state index contributed by atoms with van der Waals surface area (Å²) in [7, 11) is 0. The van der Waals surface area contributed by atoms with Gasteiger partial charge in [0.1, 0.15) is 0 Å². The van der Waals surface area contributed by atoms with E-state index in [1.165, 1.54) is 0 Å². The van der Waals surface area contributed by atoms with Gasteiger partial charge < -0.3 is 4.57 Å². The van der Waals surface area contributed by atoms with E-state index in [9.17, 15) is 0 Å². The molecule has 0 saturated heterocycles. The number of hydrogen-bond acceptors (Lipinski definition) is 4. The molecule has 11 aromatic rings. The Hall–Kier alpha value is -7.21. The molecule has 5 heteroatoms. The summed E-state index contributed by atoms with van der Waals surface area (Å²) in [5.41, 5.74) is 5.64. The van der Waals surface area contributed by atoms with Crippen LogP contribution in [0.3, 0.4) is 0 Å². The molecule has 3 aromatic heterocycles. The van der Waals surface area contributed by atoms with Gasteiger partial charge >= 0.3 is 0 Å². The molecule has 0 radical (unpaired) electrons. The number of nitrogens with zero attached hydrogens (tertiary/aromatic N) is 4. The van der Waals surface area contributed by atoms with Crippen LogP contribution >= 0.6 is 11.3 Å². The fourth-order valence-electron chi connectivity index (χ4n) is 7.51. The van der Waals surface area contributed by atoms with Gasteiger partial charge in [0.05, 0.1) is 24.7 Å². The first-order valence-electron chi connectivity index (χ1n) is 23.0. The van der Waals surface area contributed by atoms with Crippen molar-refractivity contribution in [1.82, 2.24) is 19.5 Å². The van der Waals surface area contributed by atoms with Gasteiger partial charge in [-0.25, -0.2) is 15.0 Å². The summed E-state index contributed by atoms with van der Waals surface area (Å²) in [4.78, 5) is 15.2. The molecule has 11 rings (SSSR count). The molecule has 0 unspecified atom stereocenters. The van der Waals surface area contributed by atoms with Gasteiger partial charge in [-0.15, -0.1) is 11.3 Å². The second-order valence-corrected chi connectivity index (χ2v) is 14.3. The molecule has 0 atom stereocenters. The summed E-state index contributed by atoms with van der Waals surface area (Å²) >= 11 is 1.65. The maximum absolute atomic E-state index is 8.82. The maximum Gasteiger partial charge on any atom is 0.165 e. The van der Waals surface area contributed by atoms with E-state index in [0.717, 1.165) is 47.6 Å². The van der Waals surface area contributed by atoms with Crippen molar-refractivity contribution in [1.29, 1.82) is 0 Å². The van der Waals surface area contributed by atoms with E-state index in [1.807, 2.05) is 91.0 Å². The highest BCUT2D eigenvalue weighted by Crippen LogP contribution is 2.41. The molecule has 0 aliphatic carbocycles. The van der Waals surface area contributed by atoms with Gasteiger partial charge in [0.2, 0.25) is 0 Å². The lowest BCUT2D eigenvalue weighted by molar-refractivity contribution is 1.08. The molecule has 0 spiro atoms. The van der Waals surface area contributed by atoms with Gasteiger partial charge in [-0.05, 0) is 64.7 Å². The Balaban J connectivity index is 1.07. The normalized spacial score (nSPS) is 14.1. The van der Waals surface area contributed by atoms with Crippen molar-refractivity contribution in [2.45, 2.75) is 0 Å². The number of benzene rings is 8. The molecule has 0 saturated carbocycles. The van der Waals surface area contributed by atoms with Crippen LogP contribution in [0.25, 0.3) is 104 Å². The zero-order valence-electron chi connectivity index (χ0n) is 39.4. The highest BCUT2D eigenvalue weighted by molar-refractivity contribution is 7.26. The van der Waals surface area contributed by atoms with Crippen molar-refractivity contribution in [3.8, 4) is 62.1 Å². The molecule has 3 heterocycles. The second-order valence-electron chi connectivity index (χ2n) is 13.3. The van der Waals surface area contributed by atoms with Gasteiger partial charge in [-0.2, -0.15) is 0 Å². The third-order valence-corrected chi connectivity index (χ3v) is 11.3. The average molecular weight is 743 g/mol. The van der Waals surface area contributed by atoms with E-state index in [1.54, 1.807) is 40.2 Å². The maximum atomic E-state index is 8.82. The van der Waals surface area contributed by atoms with E-state index in [4.69, 9.17) is 28.7 Å². The van der Waals surface area contributed by atoms with Crippen LogP contribution in [0.2, 0.25) is 0 Å². The van der Waals surface area contributed by atoms with Gasteiger partial charge in [0.25, 0.3) is 0 Å². The molecule has 56 heavy (non-hydrogen) atoms. The van der Waals surface area contributed by atoms with Crippen molar-refractivity contribution in [3.63, 3.8) is 0 Å². The Bertz CT molecular complexity index is 3790. The minimum absolute atomic E-state index is 0.0458. The summed E-state index contributed by atoms with van der Waals surface area (Å²) in [6, 6.07) is 38.8. The Morgan fingerprint density at radius 1 is 0.411 bits per heavy atom. The van der Waals surface area contributed by atoms with Crippen LogP contribution in [-0.2, 0) is 0 Å². The zero-order chi connectivity index (χ0) is 45.7. The average Bonchev–Trinajstić information content (AvgIpc) is 3.90. The van der Waals surface area contributed by atoms with E-state index >= 15 is 0 Å². The first kappa shape index (κ1) is 23.5. The van der Waals surface area contributed by atoms with Crippen LogP contribution in [-0.4, -0.2) is 19.5 Å².